The topological polar surface area (TPSA) is 53.1 Å². The Morgan fingerprint density at radius 3 is 1.67 bits per heavy atom. The van der Waals surface area contributed by atoms with E-state index in [9.17, 15) is 5.11 Å². The fourth-order valence-electron chi connectivity index (χ4n) is 0. The van der Waals surface area contributed by atoms with Crippen molar-refractivity contribution >= 4 is 0 Å². The zero-order valence-electron chi connectivity index (χ0n) is 3.77. The van der Waals surface area contributed by atoms with Crippen molar-refractivity contribution < 1.29 is 36.4 Å². The van der Waals surface area contributed by atoms with Gasteiger partial charge in [0.2, 0.25) is 0 Å². The molecule has 34 valence electrons. The largest absolute Gasteiger partial charge is 4.00 e. The number of hydrogen-bond acceptors (Lipinski definition) is 2. The first kappa shape index (κ1) is 15.8. The molecule has 0 aliphatic rings. The molecule has 0 spiro atoms. The second-order valence-electron chi connectivity index (χ2n) is 0.704. The van der Waals surface area contributed by atoms with E-state index in [-0.39, 0.29) is 37.9 Å². The Balaban J connectivity index is -0.0000000450. The summed E-state index contributed by atoms with van der Waals surface area (Å²) in [5, 5.41) is 9.30. The molecule has 1 N–H and O–H groups in total. The Labute approximate surface area is 56.7 Å². The predicted octanol–water partition coefficient (Wildman–Crippen LogP) is -0.423. The molecule has 0 rings (SSSR count). The van der Waals surface area contributed by atoms with Crippen LogP contribution in [0, 0.1) is 0 Å². The molecule has 0 amide bonds. The maximum absolute atomic E-state index is 9.30. The first-order valence-corrected chi connectivity index (χ1v) is 1.50. The van der Waals surface area contributed by atoms with Crippen molar-refractivity contribution in [2.45, 2.75) is 13.3 Å². The van der Waals surface area contributed by atoms with Crippen LogP contribution in [0.3, 0.4) is 0 Å². The molecule has 0 heterocycles. The summed E-state index contributed by atoms with van der Waals surface area (Å²) in [4.78, 5) is 0. The van der Waals surface area contributed by atoms with E-state index < -0.39 is 0 Å². The molecular formula is C3H8HfO2+2. The smallest absolute Gasteiger partial charge is 0.870 e. The van der Waals surface area contributed by atoms with Crippen LogP contribution in [-0.4, -0.2) is 12.1 Å². The minimum absolute atomic E-state index is 0. The summed E-state index contributed by atoms with van der Waals surface area (Å²) in [5.41, 5.74) is 0. The third-order valence-corrected chi connectivity index (χ3v) is 0.204. The zero-order chi connectivity index (χ0) is 3.41. The first-order valence-electron chi connectivity index (χ1n) is 1.50. The summed E-state index contributed by atoms with van der Waals surface area (Å²) < 4.78 is 0. The molecule has 0 bridgehead atoms. The molecule has 0 radical (unpaired) electrons. The summed E-state index contributed by atoms with van der Waals surface area (Å²) in [6, 6.07) is 0. The number of rotatable bonds is 1. The van der Waals surface area contributed by atoms with E-state index in [4.69, 9.17) is 0 Å². The zero-order valence-corrected chi connectivity index (χ0v) is 7.36. The summed E-state index contributed by atoms with van der Waals surface area (Å²) >= 11 is 0. The van der Waals surface area contributed by atoms with Crippen LogP contribution in [-0.2, 0) is 25.8 Å². The van der Waals surface area contributed by atoms with Gasteiger partial charge < -0.3 is 10.6 Å². The minimum atomic E-state index is 0. The maximum atomic E-state index is 9.30. The molecule has 0 saturated carbocycles. The van der Waals surface area contributed by atoms with Gasteiger partial charge in [0, 0.05) is 0 Å². The van der Waals surface area contributed by atoms with Gasteiger partial charge in [0.25, 0.3) is 0 Å². The van der Waals surface area contributed by atoms with Crippen molar-refractivity contribution in [1.82, 2.24) is 0 Å². The van der Waals surface area contributed by atoms with Gasteiger partial charge in [0.15, 0.2) is 0 Å². The summed E-state index contributed by atoms with van der Waals surface area (Å²) in [7, 11) is 0. The SMILES string of the molecule is CCC[O-].[Hf+4].[OH-]. The van der Waals surface area contributed by atoms with E-state index >= 15 is 0 Å². The fraction of sp³-hybridized carbons (Fsp3) is 1.00. The quantitative estimate of drug-likeness (QED) is 0.597. The normalized spacial score (nSPS) is 5.00. The van der Waals surface area contributed by atoms with Crippen molar-refractivity contribution in [3.05, 3.63) is 0 Å². The fourth-order valence-corrected chi connectivity index (χ4v) is 0. The molecule has 0 saturated heterocycles. The van der Waals surface area contributed by atoms with E-state index in [0.29, 0.717) is 0 Å². The first-order chi connectivity index (χ1) is 1.91. The van der Waals surface area contributed by atoms with Gasteiger partial charge in [-0.1, -0.05) is 13.3 Å². The van der Waals surface area contributed by atoms with Gasteiger partial charge in [0.05, 0.1) is 0 Å². The van der Waals surface area contributed by atoms with Crippen LogP contribution in [0.5, 0.6) is 0 Å². The van der Waals surface area contributed by atoms with Gasteiger partial charge in [-0.05, 0) is 0 Å². The summed E-state index contributed by atoms with van der Waals surface area (Å²) in [6.07, 6.45) is 0.764. The molecule has 0 aromatic carbocycles. The average molecular weight is 255 g/mol. The van der Waals surface area contributed by atoms with Gasteiger partial charge in [-0.3, -0.25) is 0 Å². The Morgan fingerprint density at radius 1 is 1.50 bits per heavy atom. The Kier molecular flexibility index (Phi) is 45.1. The molecule has 0 atom stereocenters. The van der Waals surface area contributed by atoms with Crippen LogP contribution in [0.15, 0.2) is 0 Å². The van der Waals surface area contributed by atoms with E-state index in [1.165, 1.54) is 0 Å². The molecular weight excluding hydrogens is 247 g/mol. The van der Waals surface area contributed by atoms with Gasteiger partial charge in [-0.2, -0.15) is 0 Å². The second-order valence-corrected chi connectivity index (χ2v) is 0.704. The van der Waals surface area contributed by atoms with Crippen molar-refractivity contribution in [1.29, 1.82) is 0 Å². The van der Waals surface area contributed by atoms with E-state index in [1.54, 1.807) is 0 Å². The monoisotopic (exact) mass is 256 g/mol. The molecule has 0 aliphatic heterocycles. The van der Waals surface area contributed by atoms with Gasteiger partial charge >= 0.3 is 25.8 Å². The van der Waals surface area contributed by atoms with E-state index in [1.807, 2.05) is 6.92 Å². The Bertz CT molecular complexity index is 10.8. The Hall–Kier alpha value is 0.790. The van der Waals surface area contributed by atoms with Crippen LogP contribution in [0.25, 0.3) is 0 Å². The molecule has 0 aromatic heterocycles. The molecule has 0 aromatic rings. The van der Waals surface area contributed by atoms with Gasteiger partial charge in [-0.25, -0.2) is 0 Å². The number of hydrogen-bond donors (Lipinski definition) is 0. The predicted molar refractivity (Wildman–Crippen MR) is 17.1 cm³/mol. The summed E-state index contributed by atoms with van der Waals surface area (Å²) in [6.45, 7) is 1.94. The molecule has 0 fully saturated rings. The average Bonchev–Trinajstić information content (AvgIpc) is 1.37. The molecule has 3 heteroatoms. The Morgan fingerprint density at radius 2 is 1.67 bits per heavy atom. The van der Waals surface area contributed by atoms with Gasteiger partial charge in [-0.15, -0.1) is 6.61 Å². The van der Waals surface area contributed by atoms with Crippen molar-refractivity contribution in [3.8, 4) is 0 Å². The summed E-state index contributed by atoms with van der Waals surface area (Å²) in [5.74, 6) is 0. The van der Waals surface area contributed by atoms with Crippen molar-refractivity contribution in [3.63, 3.8) is 0 Å². The van der Waals surface area contributed by atoms with Crippen LogP contribution in [0.1, 0.15) is 13.3 Å². The molecule has 0 aliphatic carbocycles. The van der Waals surface area contributed by atoms with Crippen LogP contribution >= 0.6 is 0 Å². The molecule has 0 unspecified atom stereocenters. The van der Waals surface area contributed by atoms with E-state index in [0.717, 1.165) is 6.42 Å². The maximum Gasteiger partial charge on any atom is 4.00 e. The van der Waals surface area contributed by atoms with Crippen LogP contribution < -0.4 is 5.11 Å². The van der Waals surface area contributed by atoms with Crippen LogP contribution in [0.2, 0.25) is 0 Å². The molecule has 2 nitrogen and oxygen atoms in total. The minimum Gasteiger partial charge on any atom is -0.870 e. The van der Waals surface area contributed by atoms with E-state index in [2.05, 4.69) is 0 Å². The van der Waals surface area contributed by atoms with Crippen molar-refractivity contribution in [2.24, 2.45) is 0 Å². The second kappa shape index (κ2) is 17.1. The van der Waals surface area contributed by atoms with Gasteiger partial charge in [0.1, 0.15) is 0 Å². The van der Waals surface area contributed by atoms with Crippen LogP contribution in [0.4, 0.5) is 0 Å². The third-order valence-electron chi connectivity index (χ3n) is 0.204. The molecule has 6 heavy (non-hydrogen) atoms. The standard InChI is InChI=1S/C3H7O.Hf.H2O/c1-2-3-4;;/h2-3H2,1H3;;1H2/q-1;+4;/p-1. The van der Waals surface area contributed by atoms with Crippen molar-refractivity contribution in [2.75, 3.05) is 6.61 Å². The third kappa shape index (κ3) is 21.5.